The number of carbonyl (C=O) groups is 2. The predicted octanol–water partition coefficient (Wildman–Crippen LogP) is 3.18. The first-order valence-corrected chi connectivity index (χ1v) is 12.9. The Balaban J connectivity index is 1.46. The van der Waals surface area contributed by atoms with E-state index < -0.39 is 15.9 Å². The van der Waals surface area contributed by atoms with Gasteiger partial charge in [-0.15, -0.1) is 11.8 Å². The van der Waals surface area contributed by atoms with Crippen molar-refractivity contribution in [3.63, 3.8) is 0 Å². The number of hydrogen-bond donors (Lipinski definition) is 1. The molecule has 0 aromatic heterocycles. The first kappa shape index (κ1) is 21.9. The number of nitrogens with zero attached hydrogens (tertiary/aromatic N) is 2. The van der Waals surface area contributed by atoms with E-state index in [4.69, 9.17) is 0 Å². The summed E-state index contributed by atoms with van der Waals surface area (Å²) >= 11 is 1.59. The second-order valence-corrected chi connectivity index (χ2v) is 10.6. The molecular formula is C22H25N3O4S2. The number of hydrogen-bond acceptors (Lipinski definition) is 5. The summed E-state index contributed by atoms with van der Waals surface area (Å²) in [6.45, 7) is 1.35. The average Bonchev–Trinajstić information content (AvgIpc) is 3.44. The maximum absolute atomic E-state index is 12.8. The molecular weight excluding hydrogens is 434 g/mol. The summed E-state index contributed by atoms with van der Waals surface area (Å²) in [5.41, 5.74) is 1.20. The van der Waals surface area contributed by atoms with E-state index in [-0.39, 0.29) is 23.1 Å². The molecule has 0 saturated carbocycles. The number of benzene rings is 2. The van der Waals surface area contributed by atoms with Crippen LogP contribution in [0.25, 0.3) is 0 Å². The standard InChI is InChI=1S/C22H25N3O4S2/c1-30-19-8-5-7-18(14-19)25-15-16(12-21(25)26)22(27)23-17-6-4-9-20(13-17)31(28,29)24-10-2-3-11-24/h4-9,13-14,16H,2-3,10-12,15H2,1H3,(H,23,27)/t16-/m0/s1. The SMILES string of the molecule is CSc1cccc(N2C[C@@H](C(=O)Nc3cccc(S(=O)(=O)N4CCCC4)c3)CC2=O)c1. The van der Waals surface area contributed by atoms with Crippen LogP contribution in [0.4, 0.5) is 11.4 Å². The fourth-order valence-electron chi connectivity index (χ4n) is 3.97. The van der Waals surface area contributed by atoms with Crippen LogP contribution in [-0.2, 0) is 19.6 Å². The molecule has 2 heterocycles. The van der Waals surface area contributed by atoms with Crippen molar-refractivity contribution in [3.05, 3.63) is 48.5 Å². The van der Waals surface area contributed by atoms with E-state index in [9.17, 15) is 18.0 Å². The molecule has 164 valence electrons. The molecule has 1 N–H and O–H groups in total. The van der Waals surface area contributed by atoms with E-state index in [0.717, 1.165) is 23.4 Å². The number of carbonyl (C=O) groups excluding carboxylic acids is 2. The number of nitrogens with one attached hydrogen (secondary N) is 1. The van der Waals surface area contributed by atoms with Crippen LogP contribution < -0.4 is 10.2 Å². The number of sulfonamides is 1. The third kappa shape index (κ3) is 4.63. The molecule has 2 aliphatic rings. The first-order chi connectivity index (χ1) is 14.9. The topological polar surface area (TPSA) is 86.8 Å². The zero-order chi connectivity index (χ0) is 22.0. The summed E-state index contributed by atoms with van der Waals surface area (Å²) in [7, 11) is -3.56. The second kappa shape index (κ2) is 9.02. The summed E-state index contributed by atoms with van der Waals surface area (Å²) in [5.74, 6) is -0.874. The van der Waals surface area contributed by atoms with Gasteiger partial charge >= 0.3 is 0 Å². The monoisotopic (exact) mass is 459 g/mol. The van der Waals surface area contributed by atoms with Crippen LogP contribution in [0.1, 0.15) is 19.3 Å². The van der Waals surface area contributed by atoms with Crippen molar-refractivity contribution < 1.29 is 18.0 Å². The van der Waals surface area contributed by atoms with E-state index in [1.807, 2.05) is 30.5 Å². The summed E-state index contributed by atoms with van der Waals surface area (Å²) in [6, 6.07) is 14.0. The Morgan fingerprint density at radius 1 is 1.10 bits per heavy atom. The minimum atomic E-state index is -3.56. The van der Waals surface area contributed by atoms with E-state index in [2.05, 4.69) is 5.32 Å². The van der Waals surface area contributed by atoms with Crippen LogP contribution in [0.5, 0.6) is 0 Å². The van der Waals surface area contributed by atoms with E-state index in [1.54, 1.807) is 34.9 Å². The quantitative estimate of drug-likeness (QED) is 0.671. The fourth-order valence-corrected chi connectivity index (χ4v) is 5.98. The third-order valence-corrected chi connectivity index (χ3v) is 8.29. The second-order valence-electron chi connectivity index (χ2n) is 7.74. The third-order valence-electron chi connectivity index (χ3n) is 5.67. The first-order valence-electron chi connectivity index (χ1n) is 10.2. The van der Waals surface area contributed by atoms with Crippen molar-refractivity contribution in [2.75, 3.05) is 36.1 Å². The van der Waals surface area contributed by atoms with Crippen LogP contribution in [0.3, 0.4) is 0 Å². The molecule has 7 nitrogen and oxygen atoms in total. The van der Waals surface area contributed by atoms with Crippen LogP contribution in [0, 0.1) is 5.92 Å². The predicted molar refractivity (Wildman–Crippen MR) is 122 cm³/mol. The molecule has 1 atom stereocenters. The van der Waals surface area contributed by atoms with Crippen LogP contribution >= 0.6 is 11.8 Å². The van der Waals surface area contributed by atoms with Crippen molar-refractivity contribution in [3.8, 4) is 0 Å². The molecule has 0 unspecified atom stereocenters. The largest absolute Gasteiger partial charge is 0.326 e. The van der Waals surface area contributed by atoms with E-state index in [0.29, 0.717) is 25.3 Å². The van der Waals surface area contributed by atoms with Gasteiger partial charge in [-0.25, -0.2) is 8.42 Å². The maximum Gasteiger partial charge on any atom is 0.243 e. The molecule has 0 radical (unpaired) electrons. The minimum Gasteiger partial charge on any atom is -0.326 e. The van der Waals surface area contributed by atoms with Gasteiger partial charge in [0.2, 0.25) is 21.8 Å². The molecule has 31 heavy (non-hydrogen) atoms. The summed E-state index contributed by atoms with van der Waals surface area (Å²) in [6.07, 6.45) is 3.82. The smallest absolute Gasteiger partial charge is 0.243 e. The molecule has 2 amide bonds. The Kier molecular flexibility index (Phi) is 6.36. The van der Waals surface area contributed by atoms with Crippen molar-refractivity contribution in [2.45, 2.75) is 29.1 Å². The van der Waals surface area contributed by atoms with Gasteiger partial charge in [0.1, 0.15) is 0 Å². The summed E-state index contributed by atoms with van der Waals surface area (Å²) in [4.78, 5) is 28.2. The average molecular weight is 460 g/mol. The zero-order valence-electron chi connectivity index (χ0n) is 17.3. The molecule has 0 spiro atoms. The number of anilines is 2. The number of rotatable bonds is 6. The fraction of sp³-hybridized carbons (Fsp3) is 0.364. The van der Waals surface area contributed by atoms with Gasteiger partial charge in [0.25, 0.3) is 0 Å². The Bertz CT molecular complexity index is 1100. The van der Waals surface area contributed by atoms with Gasteiger partial charge in [0, 0.05) is 42.3 Å². The lowest BCUT2D eigenvalue weighted by Gasteiger charge is -2.18. The van der Waals surface area contributed by atoms with E-state index >= 15 is 0 Å². The van der Waals surface area contributed by atoms with Crippen LogP contribution in [0.2, 0.25) is 0 Å². The summed E-state index contributed by atoms with van der Waals surface area (Å²) in [5, 5.41) is 2.80. The molecule has 2 aromatic rings. The van der Waals surface area contributed by atoms with Gasteiger partial charge in [0.05, 0.1) is 10.8 Å². The number of amides is 2. The van der Waals surface area contributed by atoms with Gasteiger partial charge in [-0.1, -0.05) is 12.1 Å². The normalized spacial score (nSPS) is 19.7. The lowest BCUT2D eigenvalue weighted by atomic mass is 10.1. The highest BCUT2D eigenvalue weighted by molar-refractivity contribution is 7.98. The lowest BCUT2D eigenvalue weighted by Crippen LogP contribution is -2.29. The molecule has 2 aliphatic heterocycles. The highest BCUT2D eigenvalue weighted by Crippen LogP contribution is 2.29. The maximum atomic E-state index is 12.8. The Morgan fingerprint density at radius 2 is 1.84 bits per heavy atom. The van der Waals surface area contributed by atoms with Crippen molar-refractivity contribution >= 4 is 45.0 Å². The highest BCUT2D eigenvalue weighted by atomic mass is 32.2. The van der Waals surface area contributed by atoms with Gasteiger partial charge in [0.15, 0.2) is 0 Å². The molecule has 9 heteroatoms. The van der Waals surface area contributed by atoms with Gasteiger partial charge < -0.3 is 10.2 Å². The molecule has 4 rings (SSSR count). The number of thioether (sulfide) groups is 1. The van der Waals surface area contributed by atoms with E-state index in [1.165, 1.54) is 10.4 Å². The molecule has 2 saturated heterocycles. The van der Waals surface area contributed by atoms with Crippen molar-refractivity contribution in [2.24, 2.45) is 5.92 Å². The Morgan fingerprint density at radius 3 is 2.58 bits per heavy atom. The molecule has 2 fully saturated rings. The summed E-state index contributed by atoms with van der Waals surface area (Å²) < 4.78 is 27.0. The van der Waals surface area contributed by atoms with Gasteiger partial charge in [-0.05, 0) is 55.5 Å². The van der Waals surface area contributed by atoms with Crippen LogP contribution in [-0.4, -0.2) is 50.4 Å². The van der Waals surface area contributed by atoms with Gasteiger partial charge in [-0.2, -0.15) is 4.31 Å². The van der Waals surface area contributed by atoms with Crippen molar-refractivity contribution in [1.29, 1.82) is 0 Å². The molecule has 0 bridgehead atoms. The minimum absolute atomic E-state index is 0.0937. The molecule has 0 aliphatic carbocycles. The lowest BCUT2D eigenvalue weighted by molar-refractivity contribution is -0.122. The zero-order valence-corrected chi connectivity index (χ0v) is 18.9. The van der Waals surface area contributed by atoms with Crippen molar-refractivity contribution in [1.82, 2.24) is 4.31 Å². The van der Waals surface area contributed by atoms with Crippen LogP contribution in [0.15, 0.2) is 58.3 Å². The highest BCUT2D eigenvalue weighted by Gasteiger charge is 2.35. The van der Waals surface area contributed by atoms with Gasteiger partial charge in [-0.3, -0.25) is 9.59 Å². The Hall–Kier alpha value is -2.36. The molecule has 2 aromatic carbocycles. The Labute approximate surface area is 186 Å².